The zero-order chi connectivity index (χ0) is 60.5. The molecule has 0 spiro atoms. The van der Waals surface area contributed by atoms with Crippen molar-refractivity contribution in [1.29, 1.82) is 0 Å². The lowest BCUT2D eigenvalue weighted by Gasteiger charge is -2.25. The minimum atomic E-state index is -1.11. The highest BCUT2D eigenvalue weighted by atomic mass is 33.1. The highest BCUT2D eigenvalue weighted by Gasteiger charge is 2.37. The maximum atomic E-state index is 12.9. The quantitative estimate of drug-likeness (QED) is 0.0248. The number of nitrogens with one attached hydrogen (secondary N) is 2. The van der Waals surface area contributed by atoms with Crippen LogP contribution in [0.2, 0.25) is 0 Å². The Bertz CT molecular complexity index is 1980. The fourth-order valence-electron chi connectivity index (χ4n) is 7.23. The van der Waals surface area contributed by atoms with Crippen molar-refractivity contribution < 1.29 is 73.2 Å². The van der Waals surface area contributed by atoms with E-state index in [4.69, 9.17) is 21.7 Å². The summed E-state index contributed by atoms with van der Waals surface area (Å²) in [7, 11) is 11.9. The van der Waals surface area contributed by atoms with E-state index >= 15 is 0 Å². The Morgan fingerprint density at radius 3 is 1.35 bits per heavy atom. The molecule has 0 aromatic carbocycles. The third-order valence-corrected chi connectivity index (χ3v) is 22.7. The Hall–Kier alpha value is -2.51. The first-order valence-corrected chi connectivity index (χ1v) is 36.0. The van der Waals surface area contributed by atoms with Gasteiger partial charge in [-0.1, -0.05) is 148 Å². The van der Waals surface area contributed by atoms with E-state index in [1.165, 1.54) is 66.8 Å². The lowest BCUT2D eigenvalue weighted by molar-refractivity contribution is -0.149. The summed E-state index contributed by atoms with van der Waals surface area (Å²) in [6.45, 7) is 18.3. The molecule has 4 amide bonds. The molecule has 2 aliphatic heterocycles. The van der Waals surface area contributed by atoms with Gasteiger partial charge in [-0.3, -0.25) is 38.4 Å². The van der Waals surface area contributed by atoms with Crippen molar-refractivity contribution in [3.8, 4) is 0 Å². The number of aliphatic carboxylic acids is 4. The van der Waals surface area contributed by atoms with Gasteiger partial charge in [0, 0.05) is 108 Å². The molecule has 79 heavy (non-hydrogen) atoms. The summed E-state index contributed by atoms with van der Waals surface area (Å²) in [5, 5.41) is 41.5. The van der Waals surface area contributed by atoms with Gasteiger partial charge < -0.3 is 52.3 Å². The second kappa shape index (κ2) is 42.3. The van der Waals surface area contributed by atoms with Crippen LogP contribution in [0.4, 0.5) is 0 Å². The number of likely N-dealkylation sites (tertiary alicyclic amines) is 2. The summed E-state index contributed by atoms with van der Waals surface area (Å²) in [5.41, 5.74) is 11.0. The maximum Gasteiger partial charge on any atom is 0.327 e. The summed E-state index contributed by atoms with van der Waals surface area (Å²) < 4.78 is 0. The first kappa shape index (κ1) is 76.5. The molecule has 0 aromatic heterocycles. The van der Waals surface area contributed by atoms with E-state index in [0.717, 1.165) is 37.9 Å². The number of rotatable bonds is 37. The van der Waals surface area contributed by atoms with Crippen LogP contribution >= 0.6 is 86.4 Å². The SMILES string of the molecule is CC(=O)NC(CSSCC(NC(C)=O)C(=O)C(C)C)C(=O)O.CC(C)C(=O)C(N)CSSCC(N)C(=O)O.CC(C)C(=O)CCCCC(CSSCC(C)C(=O)N1CCCC1C(=O)O)SSCC(C)C(=O)N1CCCC1C(=O)O. The lowest BCUT2D eigenvalue weighted by atomic mass is 10.0. The number of amides is 4. The smallest absolute Gasteiger partial charge is 0.327 e. The molecule has 0 saturated carbocycles. The van der Waals surface area contributed by atoms with Crippen LogP contribution in [0.25, 0.3) is 0 Å². The molecule has 2 heterocycles. The molecule has 0 aromatic rings. The van der Waals surface area contributed by atoms with Crippen LogP contribution in [0.3, 0.4) is 0 Å². The first-order valence-electron chi connectivity index (χ1n) is 26.1. The standard InChI is InChI=1S/C28H46N2O7S4.C13H22N2O5S2.C9H18N2O3S2/c1-18(2)24(31)12-6-5-9-21(41-40-16-20(4)26(33)30-14-8-11-23(30)28(36)37)17-39-38-15-19(3)25(32)29-13-7-10-22(29)27(34)35;1-7(2)12(18)10(14-8(3)16)5-21-22-6-11(13(19)20)15-9(4)17;1-5(2)8(12)6(10)3-15-16-4-7(11)9(13)14/h18-23H,5-17H2,1-4H3,(H,34,35)(H,36,37);7,10-11H,5-6H2,1-4H3,(H,14,16)(H,15,17)(H,19,20);5-7H,3-4,10-11H2,1-2H3,(H,13,14). The maximum absolute atomic E-state index is 12.9. The second-order valence-corrected chi connectivity index (χ2v) is 30.3. The molecular formula is C50H86N6O15S8. The Morgan fingerprint density at radius 1 is 0.506 bits per heavy atom. The van der Waals surface area contributed by atoms with Crippen LogP contribution in [0.5, 0.6) is 0 Å². The van der Waals surface area contributed by atoms with E-state index in [9.17, 15) is 63.0 Å². The number of carbonyl (C=O) groups is 11. The molecule has 21 nitrogen and oxygen atoms in total. The molecular weight excluding hydrogens is 1180 g/mol. The molecule has 2 fully saturated rings. The van der Waals surface area contributed by atoms with Crippen LogP contribution in [0, 0.1) is 29.6 Å². The van der Waals surface area contributed by atoms with E-state index in [1.54, 1.807) is 70.9 Å². The minimum absolute atomic E-state index is 0.0237. The number of nitrogens with two attached hydrogens (primary N) is 2. The highest BCUT2D eigenvalue weighted by molar-refractivity contribution is 8.78. The van der Waals surface area contributed by atoms with Gasteiger partial charge in [-0.25, -0.2) is 14.4 Å². The molecule has 2 saturated heterocycles. The minimum Gasteiger partial charge on any atom is -0.480 e. The topological polar surface area (TPSA) is 351 Å². The van der Waals surface area contributed by atoms with E-state index in [0.29, 0.717) is 66.4 Å². The van der Waals surface area contributed by atoms with Crippen molar-refractivity contribution in [1.82, 2.24) is 20.4 Å². The summed E-state index contributed by atoms with van der Waals surface area (Å²) in [4.78, 5) is 130. The molecule has 10 N–H and O–H groups in total. The number of carboxylic acids is 4. The number of Topliss-reactive ketones (excluding diaryl/α,β-unsaturated/α-hetero) is 3. The number of carbonyl (C=O) groups excluding carboxylic acids is 7. The fourth-order valence-corrected chi connectivity index (χ4v) is 18.1. The number of hydrogen-bond donors (Lipinski definition) is 8. The van der Waals surface area contributed by atoms with Crippen molar-refractivity contribution in [3.63, 3.8) is 0 Å². The largest absolute Gasteiger partial charge is 0.480 e. The Kier molecular flexibility index (Phi) is 41.0. The van der Waals surface area contributed by atoms with Gasteiger partial charge >= 0.3 is 23.9 Å². The normalized spacial score (nSPS) is 17.7. The van der Waals surface area contributed by atoms with Gasteiger partial charge in [-0.05, 0) is 38.5 Å². The van der Waals surface area contributed by atoms with Gasteiger partial charge in [0.15, 0.2) is 11.6 Å². The summed E-state index contributed by atoms with van der Waals surface area (Å²) in [5.74, 6) is -2.07. The number of hydrogen-bond acceptors (Lipinski definition) is 21. The average Bonchev–Trinajstić information content (AvgIpc) is 4.09. The number of ketones is 3. The Labute approximate surface area is 497 Å². The third-order valence-electron chi connectivity index (χ3n) is 11.9. The Balaban J connectivity index is 0.00000134. The van der Waals surface area contributed by atoms with Crippen LogP contribution in [-0.2, 0) is 52.7 Å². The summed E-state index contributed by atoms with van der Waals surface area (Å²) in [6.07, 6.45) is 5.77. The number of nitrogens with zero attached hydrogens (tertiary/aromatic N) is 2. The van der Waals surface area contributed by atoms with Crippen LogP contribution in [0.1, 0.15) is 121 Å². The van der Waals surface area contributed by atoms with Crippen molar-refractivity contribution in [3.05, 3.63) is 0 Å². The zero-order valence-electron chi connectivity index (χ0n) is 47.0. The summed E-state index contributed by atoms with van der Waals surface area (Å²) >= 11 is 0. The predicted octanol–water partition coefficient (Wildman–Crippen LogP) is 6.35. The van der Waals surface area contributed by atoms with Crippen LogP contribution in [0.15, 0.2) is 0 Å². The van der Waals surface area contributed by atoms with Gasteiger partial charge in [0.2, 0.25) is 23.6 Å². The zero-order valence-corrected chi connectivity index (χ0v) is 53.6. The lowest BCUT2D eigenvalue weighted by Crippen LogP contribution is -2.43. The molecule has 2 rings (SSSR count). The van der Waals surface area contributed by atoms with Gasteiger partial charge in [0.1, 0.15) is 30.0 Å². The molecule has 0 aliphatic carbocycles. The van der Waals surface area contributed by atoms with E-state index in [1.807, 2.05) is 27.7 Å². The van der Waals surface area contributed by atoms with Crippen molar-refractivity contribution in [2.24, 2.45) is 41.1 Å². The molecule has 2 aliphatic rings. The second-order valence-electron chi connectivity index (χ2n) is 19.9. The van der Waals surface area contributed by atoms with E-state index in [-0.39, 0.29) is 70.4 Å². The molecule has 0 bridgehead atoms. The van der Waals surface area contributed by atoms with Crippen molar-refractivity contribution in [2.45, 2.75) is 162 Å². The molecule has 9 atom stereocenters. The van der Waals surface area contributed by atoms with E-state index < -0.39 is 66.0 Å². The van der Waals surface area contributed by atoms with Gasteiger partial charge in [0.05, 0.1) is 12.1 Å². The van der Waals surface area contributed by atoms with Gasteiger partial charge in [0.25, 0.3) is 0 Å². The Morgan fingerprint density at radius 2 is 0.924 bits per heavy atom. The van der Waals surface area contributed by atoms with Crippen LogP contribution < -0.4 is 22.1 Å². The number of carboxylic acid groups (broad SMARTS) is 4. The summed E-state index contributed by atoms with van der Waals surface area (Å²) in [6, 6.07) is -4.35. The van der Waals surface area contributed by atoms with Crippen molar-refractivity contribution >= 4 is 151 Å². The van der Waals surface area contributed by atoms with E-state index in [2.05, 4.69) is 10.6 Å². The number of unbranched alkanes of at least 4 members (excludes halogenated alkanes) is 1. The molecule has 29 heteroatoms. The van der Waals surface area contributed by atoms with Gasteiger partial charge in [-0.2, -0.15) is 0 Å². The highest BCUT2D eigenvalue weighted by Crippen LogP contribution is 2.38. The van der Waals surface area contributed by atoms with Crippen molar-refractivity contribution in [2.75, 3.05) is 53.4 Å². The molecule has 9 unspecified atom stereocenters. The van der Waals surface area contributed by atoms with Gasteiger partial charge in [-0.15, -0.1) is 0 Å². The predicted molar refractivity (Wildman–Crippen MR) is 326 cm³/mol. The monoisotopic (exact) mass is 1270 g/mol. The van der Waals surface area contributed by atoms with Crippen LogP contribution in [-0.4, -0.2) is 190 Å². The third kappa shape index (κ3) is 32.8. The fraction of sp³-hybridized carbons (Fsp3) is 0.780. The first-order chi connectivity index (χ1) is 36.9. The molecule has 454 valence electrons. The molecule has 0 radical (unpaired) electrons. The average molecular weight is 1270 g/mol.